The number of anilines is 2. The number of nitrogens with zero attached hydrogens (tertiary/aromatic N) is 4. The van der Waals surface area contributed by atoms with E-state index in [1.807, 2.05) is 0 Å². The zero-order valence-corrected chi connectivity index (χ0v) is 12.6. The first kappa shape index (κ1) is 14.8. The molecule has 120 valence electrons. The van der Waals surface area contributed by atoms with Gasteiger partial charge < -0.3 is 20.1 Å². The van der Waals surface area contributed by atoms with Gasteiger partial charge in [-0.05, 0) is 19.1 Å². The zero-order valence-electron chi connectivity index (χ0n) is 12.6. The van der Waals surface area contributed by atoms with E-state index in [0.29, 0.717) is 17.1 Å². The molecule has 0 fully saturated rings. The van der Waals surface area contributed by atoms with Crippen molar-refractivity contribution in [3.8, 4) is 11.4 Å². The molecule has 0 aliphatic carbocycles. The molecule has 2 N–H and O–H groups in total. The molecular weight excluding hydrogens is 302 g/mol. The molecule has 0 atom stereocenters. The Labute approximate surface area is 131 Å². The molecule has 0 spiro atoms. The van der Waals surface area contributed by atoms with Crippen molar-refractivity contribution >= 4 is 23.4 Å². The fourth-order valence-corrected chi connectivity index (χ4v) is 2.22. The Morgan fingerprint density at radius 3 is 3.00 bits per heavy atom. The van der Waals surface area contributed by atoms with Gasteiger partial charge in [-0.15, -0.1) is 5.10 Å². The van der Waals surface area contributed by atoms with Gasteiger partial charge in [0.1, 0.15) is 5.75 Å². The monoisotopic (exact) mass is 317 g/mol. The minimum atomic E-state index is -0.629. The SMILES string of the molecule is CCOC(=O)c1nnn(-c2ccc3c(c2)OCC(=O)N3C)c1N. The molecular formula is C14H15N5O4. The maximum atomic E-state index is 11.7. The summed E-state index contributed by atoms with van der Waals surface area (Å²) in [7, 11) is 1.67. The Hall–Kier alpha value is -3.10. The fraction of sp³-hybridized carbons (Fsp3) is 0.286. The van der Waals surface area contributed by atoms with Crippen LogP contribution in [0.1, 0.15) is 17.4 Å². The Morgan fingerprint density at radius 1 is 1.48 bits per heavy atom. The summed E-state index contributed by atoms with van der Waals surface area (Å²) in [5, 5.41) is 7.63. The molecule has 9 nitrogen and oxygen atoms in total. The van der Waals surface area contributed by atoms with Crippen LogP contribution in [0, 0.1) is 0 Å². The molecule has 2 heterocycles. The van der Waals surface area contributed by atoms with Crippen LogP contribution in [0.15, 0.2) is 18.2 Å². The molecule has 1 aromatic heterocycles. The van der Waals surface area contributed by atoms with Gasteiger partial charge in [0, 0.05) is 13.1 Å². The number of aromatic nitrogens is 3. The van der Waals surface area contributed by atoms with E-state index >= 15 is 0 Å². The topological polar surface area (TPSA) is 113 Å². The Kier molecular flexibility index (Phi) is 3.61. The van der Waals surface area contributed by atoms with Crippen molar-refractivity contribution in [2.24, 2.45) is 0 Å². The molecule has 9 heteroatoms. The number of ether oxygens (including phenoxy) is 2. The Morgan fingerprint density at radius 2 is 2.26 bits per heavy atom. The lowest BCUT2D eigenvalue weighted by molar-refractivity contribution is -0.120. The van der Waals surface area contributed by atoms with Gasteiger partial charge in [-0.25, -0.2) is 4.79 Å². The molecule has 23 heavy (non-hydrogen) atoms. The molecule has 1 aliphatic heterocycles. The van der Waals surface area contributed by atoms with Gasteiger partial charge in [0.15, 0.2) is 12.4 Å². The lowest BCUT2D eigenvalue weighted by atomic mass is 10.2. The predicted octanol–water partition coefficient (Wildman–Crippen LogP) is 0.381. The van der Waals surface area contributed by atoms with E-state index in [9.17, 15) is 9.59 Å². The third kappa shape index (κ3) is 2.45. The number of esters is 1. The second kappa shape index (κ2) is 5.59. The number of hydrogen-bond donors (Lipinski definition) is 1. The van der Waals surface area contributed by atoms with Crippen molar-refractivity contribution in [1.82, 2.24) is 15.0 Å². The summed E-state index contributed by atoms with van der Waals surface area (Å²) >= 11 is 0. The largest absolute Gasteiger partial charge is 0.481 e. The minimum Gasteiger partial charge on any atom is -0.481 e. The molecule has 0 radical (unpaired) electrons. The number of benzene rings is 1. The average molecular weight is 317 g/mol. The number of nitrogens with two attached hydrogens (primary N) is 1. The van der Waals surface area contributed by atoms with E-state index < -0.39 is 5.97 Å². The van der Waals surface area contributed by atoms with Crippen molar-refractivity contribution in [3.05, 3.63) is 23.9 Å². The number of carbonyl (C=O) groups excluding carboxylic acids is 2. The lowest BCUT2D eigenvalue weighted by Crippen LogP contribution is -2.35. The summed E-state index contributed by atoms with van der Waals surface area (Å²) in [6.45, 7) is 1.88. The highest BCUT2D eigenvalue weighted by Crippen LogP contribution is 2.33. The van der Waals surface area contributed by atoms with E-state index in [2.05, 4.69) is 10.3 Å². The zero-order chi connectivity index (χ0) is 16.6. The molecule has 1 aromatic carbocycles. The minimum absolute atomic E-state index is 0.0339. The number of amides is 1. The van der Waals surface area contributed by atoms with Crippen LogP contribution in [0.2, 0.25) is 0 Å². The van der Waals surface area contributed by atoms with Gasteiger partial charge in [-0.3, -0.25) is 4.79 Å². The molecule has 0 saturated carbocycles. The second-order valence-corrected chi connectivity index (χ2v) is 4.85. The van der Waals surface area contributed by atoms with E-state index in [1.54, 1.807) is 32.2 Å². The highest BCUT2D eigenvalue weighted by molar-refractivity contribution is 5.97. The van der Waals surface area contributed by atoms with Gasteiger partial charge in [0.2, 0.25) is 5.69 Å². The van der Waals surface area contributed by atoms with Gasteiger partial charge in [0.05, 0.1) is 18.0 Å². The van der Waals surface area contributed by atoms with Gasteiger partial charge >= 0.3 is 5.97 Å². The normalized spacial score (nSPS) is 13.5. The number of likely N-dealkylation sites (N-methyl/N-ethyl adjacent to an activating group) is 1. The first-order valence-corrected chi connectivity index (χ1v) is 6.95. The third-order valence-corrected chi connectivity index (χ3v) is 3.45. The van der Waals surface area contributed by atoms with Gasteiger partial charge in [0.25, 0.3) is 5.91 Å². The highest BCUT2D eigenvalue weighted by Gasteiger charge is 2.24. The number of nitrogen functional groups attached to an aromatic ring is 1. The summed E-state index contributed by atoms with van der Waals surface area (Å²) in [6, 6.07) is 5.10. The van der Waals surface area contributed by atoms with Crippen LogP contribution in [-0.4, -0.2) is 47.1 Å². The van der Waals surface area contributed by atoms with Crippen LogP contribution >= 0.6 is 0 Å². The Balaban J connectivity index is 1.98. The molecule has 0 bridgehead atoms. The predicted molar refractivity (Wildman–Crippen MR) is 80.6 cm³/mol. The van der Waals surface area contributed by atoms with E-state index in [1.165, 1.54) is 9.58 Å². The van der Waals surface area contributed by atoms with Crippen molar-refractivity contribution in [2.45, 2.75) is 6.92 Å². The summed E-state index contributed by atoms with van der Waals surface area (Å²) < 4.78 is 11.6. The molecule has 0 saturated heterocycles. The van der Waals surface area contributed by atoms with E-state index in [0.717, 1.165) is 0 Å². The smallest absolute Gasteiger partial charge is 0.362 e. The third-order valence-electron chi connectivity index (χ3n) is 3.45. The molecule has 0 unspecified atom stereocenters. The summed E-state index contributed by atoms with van der Waals surface area (Å²) in [4.78, 5) is 24.9. The van der Waals surface area contributed by atoms with E-state index in [-0.39, 0.29) is 30.6 Å². The molecule has 3 rings (SSSR count). The molecule has 1 amide bonds. The van der Waals surface area contributed by atoms with Crippen LogP contribution in [0.3, 0.4) is 0 Å². The quantitative estimate of drug-likeness (QED) is 0.814. The van der Waals surface area contributed by atoms with Crippen LogP contribution in [-0.2, 0) is 9.53 Å². The van der Waals surface area contributed by atoms with E-state index in [4.69, 9.17) is 15.2 Å². The first-order chi connectivity index (χ1) is 11.0. The van der Waals surface area contributed by atoms with Crippen molar-refractivity contribution in [3.63, 3.8) is 0 Å². The van der Waals surface area contributed by atoms with Crippen LogP contribution < -0.4 is 15.4 Å². The van der Waals surface area contributed by atoms with Crippen LogP contribution in [0.25, 0.3) is 5.69 Å². The van der Waals surface area contributed by atoms with Crippen molar-refractivity contribution in [2.75, 3.05) is 30.9 Å². The highest BCUT2D eigenvalue weighted by atomic mass is 16.5. The van der Waals surface area contributed by atoms with Crippen molar-refractivity contribution < 1.29 is 19.1 Å². The van der Waals surface area contributed by atoms with Gasteiger partial charge in [-0.2, -0.15) is 4.68 Å². The van der Waals surface area contributed by atoms with Gasteiger partial charge in [-0.1, -0.05) is 5.21 Å². The number of carbonyl (C=O) groups is 2. The number of fused-ring (bicyclic) bond motifs is 1. The lowest BCUT2D eigenvalue weighted by Gasteiger charge is -2.26. The second-order valence-electron chi connectivity index (χ2n) is 4.85. The van der Waals surface area contributed by atoms with Crippen LogP contribution in [0.5, 0.6) is 5.75 Å². The van der Waals surface area contributed by atoms with Crippen molar-refractivity contribution in [1.29, 1.82) is 0 Å². The Bertz CT molecular complexity index is 785. The number of rotatable bonds is 3. The summed E-state index contributed by atoms with van der Waals surface area (Å²) in [5.74, 6) is -0.160. The maximum absolute atomic E-state index is 11.7. The molecule has 2 aromatic rings. The maximum Gasteiger partial charge on any atom is 0.362 e. The summed E-state index contributed by atoms with van der Waals surface area (Å²) in [5.41, 5.74) is 7.09. The first-order valence-electron chi connectivity index (χ1n) is 6.95. The van der Waals surface area contributed by atoms with Crippen LogP contribution in [0.4, 0.5) is 11.5 Å². The summed E-state index contributed by atoms with van der Waals surface area (Å²) in [6.07, 6.45) is 0. The standard InChI is InChI=1S/C14H15N5O4/c1-3-22-14(21)12-13(15)19(17-16-12)8-4-5-9-10(6-8)23-7-11(20)18(9)2/h4-6H,3,7,15H2,1-2H3. The fourth-order valence-electron chi connectivity index (χ4n) is 2.22. The number of hydrogen-bond acceptors (Lipinski definition) is 7. The average Bonchev–Trinajstić information content (AvgIpc) is 2.92. The molecule has 1 aliphatic rings.